The van der Waals surface area contributed by atoms with Gasteiger partial charge in [0.2, 0.25) is 5.91 Å². The fourth-order valence-electron chi connectivity index (χ4n) is 3.88. The minimum atomic E-state index is -0.947. The van der Waals surface area contributed by atoms with Crippen LogP contribution in [0.4, 0.5) is 0 Å². The fraction of sp³-hybridized carbons (Fsp3) is 0.185. The van der Waals surface area contributed by atoms with Crippen molar-refractivity contribution in [3.05, 3.63) is 106 Å². The largest absolute Gasteiger partial charge is 0.356 e. The van der Waals surface area contributed by atoms with Gasteiger partial charge < -0.3 is 5.32 Å². The summed E-state index contributed by atoms with van der Waals surface area (Å²) >= 11 is 8.94. The van der Waals surface area contributed by atoms with Crippen LogP contribution in [-0.4, -0.2) is 45.3 Å². The maximum Gasteiger partial charge on any atom is 0.269 e. The van der Waals surface area contributed by atoms with Crippen LogP contribution in [0.2, 0.25) is 0 Å². The molecule has 0 radical (unpaired) electrons. The Morgan fingerprint density at radius 2 is 1.50 bits per heavy atom. The Balaban J connectivity index is 1.47. The average Bonchev–Trinajstić information content (AvgIpc) is 3.09. The van der Waals surface area contributed by atoms with E-state index >= 15 is 0 Å². The summed E-state index contributed by atoms with van der Waals surface area (Å²) in [7, 11) is 0. The summed E-state index contributed by atoms with van der Waals surface area (Å²) in [6, 6.07) is 25.1. The Morgan fingerprint density at radius 3 is 2.14 bits per heavy atom. The highest BCUT2D eigenvalue weighted by Crippen LogP contribution is 2.22. The lowest BCUT2D eigenvalue weighted by molar-refractivity contribution is -0.132. The number of rotatable bonds is 9. The van der Waals surface area contributed by atoms with Crippen molar-refractivity contribution in [1.29, 1.82) is 0 Å². The van der Waals surface area contributed by atoms with E-state index in [0.29, 0.717) is 18.5 Å². The molecule has 1 saturated heterocycles. The number of halogens is 1. The third-order valence-electron chi connectivity index (χ3n) is 5.77. The zero-order valence-corrected chi connectivity index (χ0v) is 21.8. The Morgan fingerprint density at radius 1 is 0.889 bits per heavy atom. The molecule has 9 heteroatoms. The van der Waals surface area contributed by atoms with E-state index in [1.54, 1.807) is 24.3 Å². The van der Waals surface area contributed by atoms with E-state index in [0.717, 1.165) is 15.6 Å². The fourth-order valence-corrected chi connectivity index (χ4v) is 4.47. The average molecular weight is 565 g/mol. The van der Waals surface area contributed by atoms with Gasteiger partial charge >= 0.3 is 0 Å². The molecule has 184 valence electrons. The summed E-state index contributed by atoms with van der Waals surface area (Å²) in [5, 5.41) is 4.36. The molecule has 3 aromatic rings. The summed E-state index contributed by atoms with van der Waals surface area (Å²) in [6.07, 6.45) is 0.535. The molecule has 0 aliphatic carbocycles. The van der Waals surface area contributed by atoms with E-state index in [-0.39, 0.29) is 29.9 Å². The number of hydrogen-bond donors (Lipinski definition) is 2. The Labute approximate surface area is 223 Å². The number of benzene rings is 3. The normalized spacial score (nSPS) is 15.2. The molecule has 1 unspecified atom stereocenters. The third-order valence-corrected chi connectivity index (χ3v) is 6.71. The highest BCUT2D eigenvalue weighted by Gasteiger charge is 2.44. The van der Waals surface area contributed by atoms with Crippen molar-refractivity contribution in [2.24, 2.45) is 0 Å². The molecule has 2 N–H and O–H groups in total. The molecule has 36 heavy (non-hydrogen) atoms. The van der Waals surface area contributed by atoms with Crippen molar-refractivity contribution >= 4 is 51.0 Å². The van der Waals surface area contributed by atoms with Gasteiger partial charge in [-0.2, -0.15) is 0 Å². The lowest BCUT2D eigenvalue weighted by Crippen LogP contribution is -2.50. The molecule has 1 aliphatic rings. The van der Waals surface area contributed by atoms with Crippen molar-refractivity contribution in [3.63, 3.8) is 0 Å². The number of amides is 3. The third kappa shape index (κ3) is 6.35. The summed E-state index contributed by atoms with van der Waals surface area (Å²) in [5.41, 5.74) is 5.14. The van der Waals surface area contributed by atoms with Crippen LogP contribution in [0.3, 0.4) is 0 Å². The summed E-state index contributed by atoms with van der Waals surface area (Å²) in [4.78, 5) is 40.5. The van der Waals surface area contributed by atoms with Gasteiger partial charge in [0.25, 0.3) is 11.8 Å². The van der Waals surface area contributed by atoms with E-state index in [9.17, 15) is 14.4 Å². The summed E-state index contributed by atoms with van der Waals surface area (Å²) < 4.78 is 0.838. The van der Waals surface area contributed by atoms with Crippen molar-refractivity contribution in [2.45, 2.75) is 25.4 Å². The van der Waals surface area contributed by atoms with Crippen LogP contribution in [0.5, 0.6) is 0 Å². The van der Waals surface area contributed by atoms with E-state index in [1.807, 2.05) is 60.7 Å². The van der Waals surface area contributed by atoms with E-state index in [1.165, 1.54) is 9.91 Å². The first-order valence-corrected chi connectivity index (χ1v) is 12.7. The Bertz CT molecular complexity index is 1240. The first-order chi connectivity index (χ1) is 17.4. The van der Waals surface area contributed by atoms with Gasteiger partial charge in [-0.05, 0) is 54.0 Å². The maximum absolute atomic E-state index is 13.4. The van der Waals surface area contributed by atoms with Gasteiger partial charge in [0, 0.05) is 16.6 Å². The number of hydrogen-bond acceptors (Lipinski definition) is 4. The SMILES string of the molecule is O=C(CC1C(=O)N(Cc2ccccc2)C(=S)N1NC(=O)c1ccc(Br)cc1)NCCc1ccccc1. The molecule has 7 nitrogen and oxygen atoms in total. The van der Waals surface area contributed by atoms with E-state index in [2.05, 4.69) is 26.7 Å². The summed E-state index contributed by atoms with van der Waals surface area (Å²) in [6.45, 7) is 0.683. The first kappa shape index (κ1) is 25.5. The van der Waals surface area contributed by atoms with Crippen LogP contribution in [0.15, 0.2) is 89.4 Å². The quantitative estimate of drug-likeness (QED) is 0.386. The van der Waals surface area contributed by atoms with E-state index < -0.39 is 11.9 Å². The maximum atomic E-state index is 13.4. The number of hydrazine groups is 1. The Hall–Kier alpha value is -3.56. The molecular weight excluding hydrogens is 540 g/mol. The van der Waals surface area contributed by atoms with Crippen molar-refractivity contribution in [3.8, 4) is 0 Å². The van der Waals surface area contributed by atoms with Gasteiger partial charge in [0.05, 0.1) is 13.0 Å². The van der Waals surface area contributed by atoms with Gasteiger partial charge in [0.1, 0.15) is 6.04 Å². The minimum Gasteiger partial charge on any atom is -0.356 e. The van der Waals surface area contributed by atoms with Crippen LogP contribution >= 0.6 is 28.1 Å². The molecule has 3 aromatic carbocycles. The number of nitrogens with one attached hydrogen (secondary N) is 2. The first-order valence-electron chi connectivity index (χ1n) is 11.5. The predicted molar refractivity (Wildman–Crippen MR) is 145 cm³/mol. The second-order valence-corrected chi connectivity index (χ2v) is 9.60. The highest BCUT2D eigenvalue weighted by molar-refractivity contribution is 9.10. The van der Waals surface area contributed by atoms with Crippen molar-refractivity contribution < 1.29 is 14.4 Å². The molecule has 0 spiro atoms. The van der Waals surface area contributed by atoms with Crippen molar-refractivity contribution in [2.75, 3.05) is 6.54 Å². The van der Waals surface area contributed by atoms with Crippen LogP contribution in [-0.2, 0) is 22.6 Å². The summed E-state index contributed by atoms with van der Waals surface area (Å²) in [5.74, 6) is -1.05. The predicted octanol–water partition coefficient (Wildman–Crippen LogP) is 3.84. The molecule has 1 heterocycles. The smallest absolute Gasteiger partial charge is 0.269 e. The molecule has 0 bridgehead atoms. The lowest BCUT2D eigenvalue weighted by Gasteiger charge is -2.24. The molecule has 1 fully saturated rings. The zero-order valence-electron chi connectivity index (χ0n) is 19.4. The monoisotopic (exact) mass is 564 g/mol. The molecule has 1 atom stereocenters. The standard InChI is InChI=1S/C27H25BrN4O3S/c28-22-13-11-21(12-14-22)25(34)30-32-23(17-24(33)29-16-15-19-7-3-1-4-8-19)26(35)31(27(32)36)18-20-9-5-2-6-10-20/h1-14,23H,15-18H2,(H,29,33)(H,30,34). The van der Waals surface area contributed by atoms with Gasteiger partial charge in [-0.15, -0.1) is 0 Å². The van der Waals surface area contributed by atoms with Crippen LogP contribution in [0.25, 0.3) is 0 Å². The topological polar surface area (TPSA) is 81.8 Å². The second-order valence-electron chi connectivity index (χ2n) is 8.32. The minimum absolute atomic E-state index is 0.139. The molecule has 4 rings (SSSR count). The van der Waals surface area contributed by atoms with Crippen LogP contribution in [0, 0.1) is 0 Å². The van der Waals surface area contributed by atoms with Crippen LogP contribution < -0.4 is 10.7 Å². The second kappa shape index (κ2) is 11.9. The molecular formula is C27H25BrN4O3S. The number of carbonyl (C=O) groups excluding carboxylic acids is 3. The number of nitrogens with zero attached hydrogens (tertiary/aromatic N) is 2. The highest BCUT2D eigenvalue weighted by atomic mass is 79.9. The van der Waals surface area contributed by atoms with Gasteiger partial charge in [0.15, 0.2) is 5.11 Å². The number of thiocarbonyl (C=S) groups is 1. The van der Waals surface area contributed by atoms with Gasteiger partial charge in [-0.3, -0.25) is 24.7 Å². The molecule has 0 saturated carbocycles. The molecule has 1 aliphatic heterocycles. The van der Waals surface area contributed by atoms with Crippen molar-refractivity contribution in [1.82, 2.24) is 20.7 Å². The van der Waals surface area contributed by atoms with Gasteiger partial charge in [-0.1, -0.05) is 76.6 Å². The zero-order chi connectivity index (χ0) is 25.5. The lowest BCUT2D eigenvalue weighted by atomic mass is 10.1. The molecule has 3 amide bonds. The van der Waals surface area contributed by atoms with Crippen LogP contribution in [0.1, 0.15) is 27.9 Å². The van der Waals surface area contributed by atoms with Gasteiger partial charge in [-0.25, -0.2) is 5.01 Å². The van der Waals surface area contributed by atoms with E-state index in [4.69, 9.17) is 12.2 Å². The Kier molecular flexibility index (Phi) is 8.45. The molecule has 0 aromatic heterocycles. The number of carbonyl (C=O) groups is 3.